The van der Waals surface area contributed by atoms with Gasteiger partial charge in [0.2, 0.25) is 15.9 Å². The van der Waals surface area contributed by atoms with Gasteiger partial charge in [0.05, 0.1) is 30.6 Å². The number of nitrogens with one attached hydrogen (secondary N) is 3. The molecular weight excluding hydrogens is 378 g/mol. The second kappa shape index (κ2) is 7.74. The van der Waals surface area contributed by atoms with Gasteiger partial charge in [-0.25, -0.2) is 13.1 Å². The fourth-order valence-electron chi connectivity index (χ4n) is 4.91. The molecular formula is C20H30N3O4S+. The molecule has 3 aliphatic rings. The number of quaternary nitrogens is 1. The van der Waals surface area contributed by atoms with Crippen LogP contribution in [0.3, 0.4) is 0 Å². The van der Waals surface area contributed by atoms with Crippen molar-refractivity contribution >= 4 is 21.6 Å². The molecule has 2 fully saturated rings. The number of sulfonamides is 1. The van der Waals surface area contributed by atoms with Crippen LogP contribution >= 0.6 is 0 Å². The van der Waals surface area contributed by atoms with Crippen molar-refractivity contribution in [2.75, 3.05) is 38.2 Å². The topological polar surface area (TPSA) is 88.9 Å². The van der Waals surface area contributed by atoms with Crippen LogP contribution in [0.2, 0.25) is 0 Å². The minimum absolute atomic E-state index is 0.0450. The third-order valence-electron chi connectivity index (χ3n) is 6.71. The summed E-state index contributed by atoms with van der Waals surface area (Å²) in [5, 5.41) is 2.79. The number of hydrogen-bond acceptors (Lipinski definition) is 4. The van der Waals surface area contributed by atoms with Crippen molar-refractivity contribution in [3.8, 4) is 0 Å². The number of ether oxygens (including phenoxy) is 1. The maximum Gasteiger partial charge on any atom is 0.240 e. The molecule has 2 aliphatic heterocycles. The lowest BCUT2D eigenvalue weighted by atomic mass is 9.80. The maximum atomic E-state index is 13.0. The third kappa shape index (κ3) is 3.70. The van der Waals surface area contributed by atoms with Gasteiger partial charge in [-0.05, 0) is 43.5 Å². The van der Waals surface area contributed by atoms with E-state index in [1.54, 1.807) is 25.1 Å². The molecule has 7 nitrogen and oxygen atoms in total. The van der Waals surface area contributed by atoms with Crippen molar-refractivity contribution in [3.05, 3.63) is 23.8 Å². The lowest BCUT2D eigenvalue weighted by molar-refractivity contribution is -0.960. The Morgan fingerprint density at radius 2 is 1.93 bits per heavy atom. The van der Waals surface area contributed by atoms with Gasteiger partial charge in [0.25, 0.3) is 0 Å². The smallest absolute Gasteiger partial charge is 0.240 e. The monoisotopic (exact) mass is 408 g/mol. The van der Waals surface area contributed by atoms with Crippen molar-refractivity contribution in [1.82, 2.24) is 4.72 Å². The van der Waals surface area contributed by atoms with E-state index in [4.69, 9.17) is 4.74 Å². The summed E-state index contributed by atoms with van der Waals surface area (Å²) in [5.74, 6) is -0.415. The van der Waals surface area contributed by atoms with E-state index in [1.807, 2.05) is 0 Å². The zero-order valence-electron chi connectivity index (χ0n) is 16.4. The van der Waals surface area contributed by atoms with E-state index in [9.17, 15) is 13.2 Å². The summed E-state index contributed by atoms with van der Waals surface area (Å²) in [6.07, 6.45) is 5.61. The molecule has 1 aromatic rings. The lowest BCUT2D eigenvalue weighted by Crippen LogP contribution is -3.23. The van der Waals surface area contributed by atoms with E-state index in [0.29, 0.717) is 12.2 Å². The van der Waals surface area contributed by atoms with Gasteiger partial charge in [-0.2, -0.15) is 0 Å². The summed E-state index contributed by atoms with van der Waals surface area (Å²) in [5.41, 5.74) is 1.41. The Morgan fingerprint density at radius 1 is 1.21 bits per heavy atom. The van der Waals surface area contributed by atoms with Gasteiger partial charge >= 0.3 is 0 Å². The molecule has 3 N–H and O–H groups in total. The minimum atomic E-state index is -3.63. The predicted molar refractivity (Wildman–Crippen MR) is 106 cm³/mol. The number of anilines is 1. The number of amides is 1. The van der Waals surface area contributed by atoms with Gasteiger partial charge in [0, 0.05) is 18.5 Å². The second-order valence-electron chi connectivity index (χ2n) is 8.34. The highest BCUT2D eigenvalue weighted by Crippen LogP contribution is 2.34. The van der Waals surface area contributed by atoms with Crippen LogP contribution in [0.15, 0.2) is 23.1 Å². The van der Waals surface area contributed by atoms with Crippen molar-refractivity contribution in [2.24, 2.45) is 0 Å². The zero-order valence-corrected chi connectivity index (χ0v) is 17.2. The molecule has 2 heterocycles. The normalized spacial score (nSPS) is 25.3. The molecule has 0 aromatic heterocycles. The SMILES string of the molecule is C[C@H]1C(=O)Nc2ccc(S(=O)(=O)NCC3([NH+]4CCOCC4)CCCCC3)cc21. The van der Waals surface area contributed by atoms with E-state index in [2.05, 4.69) is 10.0 Å². The minimum Gasteiger partial charge on any atom is -0.370 e. The summed E-state index contributed by atoms with van der Waals surface area (Å²) in [6, 6.07) is 4.90. The molecule has 1 saturated heterocycles. The van der Waals surface area contributed by atoms with E-state index >= 15 is 0 Å². The maximum absolute atomic E-state index is 13.0. The van der Waals surface area contributed by atoms with E-state index in [-0.39, 0.29) is 22.3 Å². The molecule has 0 radical (unpaired) electrons. The highest BCUT2D eigenvalue weighted by atomic mass is 32.2. The third-order valence-corrected chi connectivity index (χ3v) is 8.11. The van der Waals surface area contributed by atoms with E-state index in [1.165, 1.54) is 11.3 Å². The molecule has 1 aliphatic carbocycles. The molecule has 1 aromatic carbocycles. The molecule has 0 unspecified atom stereocenters. The number of rotatable bonds is 5. The summed E-state index contributed by atoms with van der Waals surface area (Å²) in [7, 11) is -3.63. The Kier molecular flexibility index (Phi) is 5.48. The quantitative estimate of drug-likeness (QED) is 0.667. The molecule has 8 heteroatoms. The van der Waals surface area contributed by atoms with Crippen LogP contribution < -0.4 is 14.9 Å². The van der Waals surface area contributed by atoms with Crippen molar-refractivity contribution in [2.45, 2.75) is 55.4 Å². The fourth-order valence-corrected chi connectivity index (χ4v) is 6.07. The van der Waals surface area contributed by atoms with Crippen LogP contribution in [0.5, 0.6) is 0 Å². The van der Waals surface area contributed by atoms with E-state index < -0.39 is 10.0 Å². The average molecular weight is 409 g/mol. The van der Waals surface area contributed by atoms with Gasteiger partial charge in [0.15, 0.2) is 0 Å². The molecule has 0 bridgehead atoms. The van der Waals surface area contributed by atoms with Crippen LogP contribution in [-0.4, -0.2) is 52.7 Å². The van der Waals surface area contributed by atoms with Crippen LogP contribution in [0.1, 0.15) is 50.5 Å². The van der Waals surface area contributed by atoms with Gasteiger partial charge in [-0.3, -0.25) is 4.79 Å². The lowest BCUT2D eigenvalue weighted by Gasteiger charge is -2.44. The molecule has 4 rings (SSSR count). The van der Waals surface area contributed by atoms with Crippen molar-refractivity contribution < 1.29 is 22.8 Å². The highest BCUT2D eigenvalue weighted by molar-refractivity contribution is 7.89. The Morgan fingerprint density at radius 3 is 2.64 bits per heavy atom. The first kappa shape index (κ1) is 19.8. The number of carbonyl (C=O) groups excluding carboxylic acids is 1. The number of fused-ring (bicyclic) bond motifs is 1. The number of benzene rings is 1. The van der Waals surface area contributed by atoms with Crippen LogP contribution in [0, 0.1) is 0 Å². The molecule has 1 atom stereocenters. The predicted octanol–water partition coefficient (Wildman–Crippen LogP) is 0.639. The summed E-state index contributed by atoms with van der Waals surface area (Å²) in [6.45, 7) is 5.61. The van der Waals surface area contributed by atoms with Crippen LogP contribution in [0.4, 0.5) is 5.69 Å². The van der Waals surface area contributed by atoms with Gasteiger partial charge < -0.3 is 15.0 Å². The number of hydrogen-bond donors (Lipinski definition) is 3. The Bertz CT molecular complexity index is 843. The van der Waals surface area contributed by atoms with Crippen LogP contribution in [-0.2, 0) is 19.6 Å². The summed E-state index contributed by atoms with van der Waals surface area (Å²) in [4.78, 5) is 13.6. The Balaban J connectivity index is 1.53. The molecule has 28 heavy (non-hydrogen) atoms. The first-order chi connectivity index (χ1) is 13.4. The molecule has 1 amide bonds. The highest BCUT2D eigenvalue weighted by Gasteiger charge is 2.43. The number of morpholine rings is 1. The second-order valence-corrected chi connectivity index (χ2v) is 10.1. The van der Waals surface area contributed by atoms with Crippen molar-refractivity contribution in [3.63, 3.8) is 0 Å². The molecule has 1 saturated carbocycles. The summed E-state index contributed by atoms with van der Waals surface area (Å²) < 4.78 is 34.5. The van der Waals surface area contributed by atoms with Gasteiger partial charge in [-0.15, -0.1) is 0 Å². The molecule has 0 spiro atoms. The number of carbonyl (C=O) groups is 1. The summed E-state index contributed by atoms with van der Waals surface area (Å²) >= 11 is 0. The largest absolute Gasteiger partial charge is 0.370 e. The Labute approximate surface area is 166 Å². The first-order valence-corrected chi connectivity index (χ1v) is 11.8. The van der Waals surface area contributed by atoms with Gasteiger partial charge in [0.1, 0.15) is 18.6 Å². The molecule has 154 valence electrons. The first-order valence-electron chi connectivity index (χ1n) is 10.3. The van der Waals surface area contributed by atoms with Gasteiger partial charge in [-0.1, -0.05) is 6.42 Å². The van der Waals surface area contributed by atoms with Crippen molar-refractivity contribution in [1.29, 1.82) is 0 Å². The average Bonchev–Trinajstić information content (AvgIpc) is 3.01. The fraction of sp³-hybridized carbons (Fsp3) is 0.650. The zero-order chi connectivity index (χ0) is 19.8. The van der Waals surface area contributed by atoms with Crippen LogP contribution in [0.25, 0.3) is 0 Å². The Hall–Kier alpha value is -1.48. The van der Waals surface area contributed by atoms with E-state index in [0.717, 1.165) is 57.6 Å². The standard InChI is InChI=1S/C20H29N3O4S/c1-15-17-13-16(5-6-18(17)22-19(15)24)28(25,26)21-14-20(7-3-2-4-8-20)23-9-11-27-12-10-23/h5-6,13,15,21H,2-4,7-12,14H2,1H3,(H,22,24)/p+1/t15-/m1/s1.